The van der Waals surface area contributed by atoms with Gasteiger partial charge in [-0.15, -0.1) is 11.6 Å². The maximum Gasteiger partial charge on any atom is 0.239 e. The van der Waals surface area contributed by atoms with E-state index in [2.05, 4.69) is 5.32 Å². The number of carbonyl (C=O) groups is 1. The molecule has 1 aromatic rings. The fourth-order valence-electron chi connectivity index (χ4n) is 1.05. The van der Waals surface area contributed by atoms with Gasteiger partial charge in [-0.1, -0.05) is 6.07 Å². The summed E-state index contributed by atoms with van der Waals surface area (Å²) < 4.78 is 5.04. The molecule has 1 N–H and O–H groups in total. The molecule has 0 saturated carbocycles. The molecule has 0 saturated heterocycles. The predicted molar refractivity (Wildman–Crippen MR) is 57.1 cm³/mol. The Morgan fingerprint density at radius 2 is 2.29 bits per heavy atom. The maximum atomic E-state index is 11.0. The molecule has 0 bridgehead atoms. The molecular weight excluding hydrogens is 202 g/mol. The van der Waals surface area contributed by atoms with E-state index in [0.717, 1.165) is 11.3 Å². The van der Waals surface area contributed by atoms with Gasteiger partial charge in [-0.3, -0.25) is 4.79 Å². The van der Waals surface area contributed by atoms with Crippen molar-refractivity contribution >= 4 is 23.2 Å². The molecule has 0 aromatic heterocycles. The molecule has 4 heteroatoms. The normalized spacial score (nSPS) is 9.64. The van der Waals surface area contributed by atoms with Crippen LogP contribution in [0.15, 0.2) is 18.2 Å². The maximum absolute atomic E-state index is 11.0. The van der Waals surface area contributed by atoms with Crippen LogP contribution in [0, 0.1) is 6.92 Å². The minimum Gasteiger partial charge on any atom is -0.497 e. The zero-order chi connectivity index (χ0) is 10.6. The van der Waals surface area contributed by atoms with Gasteiger partial charge in [0.05, 0.1) is 7.11 Å². The highest BCUT2D eigenvalue weighted by Gasteiger charge is 2.04. The number of hydrogen-bond donors (Lipinski definition) is 1. The summed E-state index contributed by atoms with van der Waals surface area (Å²) in [4.78, 5) is 11.0. The number of amides is 1. The standard InChI is InChI=1S/C10H12ClNO2/c1-7-3-4-8(14-2)5-9(7)12-10(13)6-11/h3-5H,6H2,1-2H3,(H,12,13). The quantitative estimate of drug-likeness (QED) is 0.782. The highest BCUT2D eigenvalue weighted by atomic mass is 35.5. The molecule has 1 amide bonds. The fourth-order valence-corrected chi connectivity index (χ4v) is 1.11. The van der Waals surface area contributed by atoms with Crippen LogP contribution in [0.4, 0.5) is 5.69 Å². The van der Waals surface area contributed by atoms with Gasteiger partial charge in [-0.05, 0) is 18.6 Å². The minimum absolute atomic E-state index is 0.0450. The van der Waals surface area contributed by atoms with Crippen LogP contribution in [0.1, 0.15) is 5.56 Å². The van der Waals surface area contributed by atoms with E-state index in [4.69, 9.17) is 16.3 Å². The van der Waals surface area contributed by atoms with Crippen molar-refractivity contribution in [1.82, 2.24) is 0 Å². The van der Waals surface area contributed by atoms with E-state index in [-0.39, 0.29) is 11.8 Å². The molecule has 1 rings (SSSR count). The van der Waals surface area contributed by atoms with Gasteiger partial charge in [0.15, 0.2) is 0 Å². The largest absolute Gasteiger partial charge is 0.497 e. The molecule has 76 valence electrons. The van der Waals surface area contributed by atoms with E-state index in [1.165, 1.54) is 0 Å². The first kappa shape index (κ1) is 10.9. The van der Waals surface area contributed by atoms with E-state index in [1.54, 1.807) is 13.2 Å². The number of ether oxygens (including phenoxy) is 1. The molecule has 0 unspecified atom stereocenters. The predicted octanol–water partition coefficient (Wildman–Crippen LogP) is 2.18. The molecule has 1 aromatic carbocycles. The summed E-state index contributed by atoms with van der Waals surface area (Å²) in [5, 5.41) is 2.68. The summed E-state index contributed by atoms with van der Waals surface area (Å²) in [5.41, 5.74) is 1.71. The molecule has 0 aliphatic carbocycles. The van der Waals surface area contributed by atoms with Crippen LogP contribution in [-0.4, -0.2) is 18.9 Å². The van der Waals surface area contributed by atoms with Gasteiger partial charge >= 0.3 is 0 Å². The van der Waals surface area contributed by atoms with Crippen LogP contribution in [0.2, 0.25) is 0 Å². The number of anilines is 1. The van der Waals surface area contributed by atoms with Gasteiger partial charge in [0, 0.05) is 11.8 Å². The van der Waals surface area contributed by atoms with Gasteiger partial charge in [0.2, 0.25) is 5.91 Å². The second-order valence-electron chi connectivity index (χ2n) is 2.86. The average Bonchev–Trinajstić information content (AvgIpc) is 2.21. The van der Waals surface area contributed by atoms with E-state index in [1.807, 2.05) is 19.1 Å². The second-order valence-corrected chi connectivity index (χ2v) is 3.13. The van der Waals surface area contributed by atoms with Gasteiger partial charge < -0.3 is 10.1 Å². The molecule has 3 nitrogen and oxygen atoms in total. The second kappa shape index (κ2) is 4.86. The van der Waals surface area contributed by atoms with Crippen LogP contribution in [0.5, 0.6) is 5.75 Å². The van der Waals surface area contributed by atoms with Crippen molar-refractivity contribution in [3.05, 3.63) is 23.8 Å². The zero-order valence-electron chi connectivity index (χ0n) is 8.13. The lowest BCUT2D eigenvalue weighted by atomic mass is 10.2. The molecule has 0 spiro atoms. The summed E-state index contributed by atoms with van der Waals surface area (Å²) in [6, 6.07) is 5.48. The smallest absolute Gasteiger partial charge is 0.239 e. The molecule has 0 radical (unpaired) electrons. The SMILES string of the molecule is COc1ccc(C)c(NC(=O)CCl)c1. The summed E-state index contributed by atoms with van der Waals surface area (Å²) in [5.74, 6) is 0.444. The molecule has 0 aliphatic rings. The van der Waals surface area contributed by atoms with Crippen molar-refractivity contribution in [2.24, 2.45) is 0 Å². The number of nitrogens with one attached hydrogen (secondary N) is 1. The minimum atomic E-state index is -0.219. The molecular formula is C10H12ClNO2. The Bertz CT molecular complexity index is 339. The van der Waals surface area contributed by atoms with Crippen molar-refractivity contribution in [2.45, 2.75) is 6.92 Å². The van der Waals surface area contributed by atoms with Gasteiger partial charge in [-0.2, -0.15) is 0 Å². The number of halogens is 1. The van der Waals surface area contributed by atoms with Crippen LogP contribution >= 0.6 is 11.6 Å². The Morgan fingerprint density at radius 3 is 2.86 bits per heavy atom. The first-order valence-electron chi connectivity index (χ1n) is 4.18. The molecule has 0 aliphatic heterocycles. The zero-order valence-corrected chi connectivity index (χ0v) is 8.89. The molecule has 0 atom stereocenters. The van der Waals surface area contributed by atoms with Gasteiger partial charge in [0.25, 0.3) is 0 Å². The first-order chi connectivity index (χ1) is 6.67. The number of benzene rings is 1. The Hall–Kier alpha value is -1.22. The van der Waals surface area contributed by atoms with Crippen molar-refractivity contribution in [1.29, 1.82) is 0 Å². The van der Waals surface area contributed by atoms with Crippen LogP contribution in [-0.2, 0) is 4.79 Å². The number of carbonyl (C=O) groups excluding carboxylic acids is 1. The average molecular weight is 214 g/mol. The Labute approximate surface area is 88.0 Å². The van der Waals surface area contributed by atoms with Gasteiger partial charge in [-0.25, -0.2) is 0 Å². The lowest BCUT2D eigenvalue weighted by Gasteiger charge is -2.08. The topological polar surface area (TPSA) is 38.3 Å². The Balaban J connectivity index is 2.89. The van der Waals surface area contributed by atoms with E-state index in [0.29, 0.717) is 5.75 Å². The Kier molecular flexibility index (Phi) is 3.77. The fraction of sp³-hybridized carbons (Fsp3) is 0.300. The van der Waals surface area contributed by atoms with Gasteiger partial charge in [0.1, 0.15) is 11.6 Å². The first-order valence-corrected chi connectivity index (χ1v) is 4.71. The number of hydrogen-bond acceptors (Lipinski definition) is 2. The van der Waals surface area contributed by atoms with E-state index >= 15 is 0 Å². The molecule has 0 heterocycles. The van der Waals surface area contributed by atoms with Crippen LogP contribution in [0.25, 0.3) is 0 Å². The van der Waals surface area contributed by atoms with E-state index < -0.39 is 0 Å². The Morgan fingerprint density at radius 1 is 1.57 bits per heavy atom. The number of rotatable bonds is 3. The third kappa shape index (κ3) is 2.64. The van der Waals surface area contributed by atoms with Crippen LogP contribution < -0.4 is 10.1 Å². The van der Waals surface area contributed by atoms with Crippen molar-refractivity contribution in [3.8, 4) is 5.75 Å². The highest BCUT2D eigenvalue weighted by Crippen LogP contribution is 2.21. The summed E-state index contributed by atoms with van der Waals surface area (Å²) in [7, 11) is 1.58. The number of methoxy groups -OCH3 is 1. The number of alkyl halides is 1. The van der Waals surface area contributed by atoms with Crippen molar-refractivity contribution in [3.63, 3.8) is 0 Å². The summed E-state index contributed by atoms with van der Waals surface area (Å²) >= 11 is 5.38. The monoisotopic (exact) mass is 213 g/mol. The lowest BCUT2D eigenvalue weighted by molar-refractivity contribution is -0.113. The third-order valence-corrected chi connectivity index (χ3v) is 2.08. The lowest BCUT2D eigenvalue weighted by Crippen LogP contribution is -2.13. The number of aryl methyl sites for hydroxylation is 1. The molecule has 0 fully saturated rings. The summed E-state index contributed by atoms with van der Waals surface area (Å²) in [6.07, 6.45) is 0. The highest BCUT2D eigenvalue weighted by molar-refractivity contribution is 6.29. The summed E-state index contributed by atoms with van der Waals surface area (Å²) in [6.45, 7) is 1.91. The van der Waals surface area contributed by atoms with Crippen molar-refractivity contribution in [2.75, 3.05) is 18.3 Å². The third-order valence-electron chi connectivity index (χ3n) is 1.84. The molecule has 14 heavy (non-hydrogen) atoms. The van der Waals surface area contributed by atoms with E-state index in [9.17, 15) is 4.79 Å². The van der Waals surface area contributed by atoms with Crippen molar-refractivity contribution < 1.29 is 9.53 Å². The van der Waals surface area contributed by atoms with Crippen LogP contribution in [0.3, 0.4) is 0 Å².